The third kappa shape index (κ3) is 6.88. The maximum atomic E-state index is 12.2. The third-order valence-corrected chi connectivity index (χ3v) is 6.10. The van der Waals surface area contributed by atoms with E-state index in [-0.39, 0.29) is 5.91 Å². The van der Waals surface area contributed by atoms with Crippen LogP contribution >= 0.6 is 11.8 Å². The number of ether oxygens (including phenoxy) is 2. The molecule has 2 aromatic carbocycles. The van der Waals surface area contributed by atoms with Gasteiger partial charge < -0.3 is 14.8 Å². The minimum absolute atomic E-state index is 0.0291. The van der Waals surface area contributed by atoms with E-state index in [1.54, 1.807) is 0 Å². The fourth-order valence-corrected chi connectivity index (χ4v) is 4.43. The first-order chi connectivity index (χ1) is 13.6. The van der Waals surface area contributed by atoms with Crippen molar-refractivity contribution in [3.63, 3.8) is 0 Å². The van der Waals surface area contributed by atoms with E-state index in [9.17, 15) is 4.79 Å². The Morgan fingerprint density at radius 3 is 2.64 bits per heavy atom. The van der Waals surface area contributed by atoms with Gasteiger partial charge in [0.25, 0.3) is 0 Å². The lowest BCUT2D eigenvalue weighted by Gasteiger charge is -2.21. The van der Waals surface area contributed by atoms with E-state index in [0.29, 0.717) is 18.3 Å². The van der Waals surface area contributed by atoms with Crippen LogP contribution in [-0.4, -0.2) is 31.0 Å². The Bertz CT molecular complexity index is 767. The largest absolute Gasteiger partial charge is 0.493 e. The van der Waals surface area contributed by atoms with Gasteiger partial charge in [-0.3, -0.25) is 4.79 Å². The van der Waals surface area contributed by atoms with Crippen LogP contribution in [0.2, 0.25) is 0 Å². The van der Waals surface area contributed by atoms with E-state index in [0.717, 1.165) is 54.4 Å². The van der Waals surface area contributed by atoms with E-state index < -0.39 is 0 Å². The fourth-order valence-electron chi connectivity index (χ4n) is 3.30. The quantitative estimate of drug-likeness (QED) is 0.669. The number of anilines is 1. The van der Waals surface area contributed by atoms with Gasteiger partial charge in [0.2, 0.25) is 5.91 Å². The molecule has 0 aliphatic carbocycles. The van der Waals surface area contributed by atoms with Crippen molar-refractivity contribution in [1.29, 1.82) is 0 Å². The number of carbonyl (C=O) groups is 1. The van der Waals surface area contributed by atoms with Crippen LogP contribution in [0.25, 0.3) is 0 Å². The smallest absolute Gasteiger partial charge is 0.227 e. The van der Waals surface area contributed by atoms with Crippen LogP contribution in [0.4, 0.5) is 5.69 Å². The minimum atomic E-state index is -0.0291. The molecule has 1 aliphatic rings. The molecule has 150 valence electrons. The van der Waals surface area contributed by atoms with Crippen molar-refractivity contribution in [3.05, 3.63) is 59.2 Å². The van der Waals surface area contributed by atoms with Gasteiger partial charge in [0.15, 0.2) is 0 Å². The van der Waals surface area contributed by atoms with Crippen molar-refractivity contribution in [2.24, 2.45) is 0 Å². The summed E-state index contributed by atoms with van der Waals surface area (Å²) in [6.45, 7) is 6.20. The van der Waals surface area contributed by atoms with Crippen LogP contribution in [0.1, 0.15) is 36.0 Å². The van der Waals surface area contributed by atoms with Crippen LogP contribution in [0, 0.1) is 13.8 Å². The summed E-state index contributed by atoms with van der Waals surface area (Å²) in [5.74, 6) is 1.75. The number of hydrogen-bond donors (Lipinski definition) is 1. The third-order valence-electron chi connectivity index (χ3n) is 4.66. The Morgan fingerprint density at radius 2 is 1.89 bits per heavy atom. The molecular formula is C23H29NO3S. The van der Waals surface area contributed by atoms with E-state index in [2.05, 4.69) is 23.5 Å². The van der Waals surface area contributed by atoms with E-state index in [4.69, 9.17) is 9.47 Å². The highest BCUT2D eigenvalue weighted by Crippen LogP contribution is 2.26. The molecule has 1 N–H and O–H groups in total. The molecule has 1 fully saturated rings. The second-order valence-corrected chi connectivity index (χ2v) is 8.58. The average Bonchev–Trinajstić information content (AvgIpc) is 2.67. The molecule has 0 unspecified atom stereocenters. The molecule has 2 aromatic rings. The standard InChI is InChI=1S/C23H29NO3S/c1-17-12-18(2)14-21(13-17)27-11-8-23(25)24-20-5-3-4-19(15-20)16-28-22-6-9-26-10-7-22/h3-5,12-15,22H,6-11,16H2,1-2H3,(H,24,25). The van der Waals surface area contributed by atoms with Crippen LogP contribution in [-0.2, 0) is 15.3 Å². The second-order valence-electron chi connectivity index (χ2n) is 7.29. The highest BCUT2D eigenvalue weighted by atomic mass is 32.2. The summed E-state index contributed by atoms with van der Waals surface area (Å²) in [4.78, 5) is 12.2. The lowest BCUT2D eigenvalue weighted by molar-refractivity contribution is -0.116. The molecule has 5 heteroatoms. The van der Waals surface area contributed by atoms with E-state index in [1.807, 2.05) is 49.9 Å². The molecular weight excluding hydrogens is 370 g/mol. The van der Waals surface area contributed by atoms with Gasteiger partial charge in [-0.05, 0) is 67.6 Å². The number of carbonyl (C=O) groups excluding carboxylic acids is 1. The van der Waals surface area contributed by atoms with Crippen LogP contribution in [0.5, 0.6) is 5.75 Å². The predicted octanol–water partition coefficient (Wildman–Crippen LogP) is 5.12. The normalized spacial score (nSPS) is 14.6. The summed E-state index contributed by atoms with van der Waals surface area (Å²) < 4.78 is 11.1. The summed E-state index contributed by atoms with van der Waals surface area (Å²) in [6.07, 6.45) is 2.58. The number of nitrogens with one attached hydrogen (secondary N) is 1. The monoisotopic (exact) mass is 399 g/mol. The molecule has 1 saturated heterocycles. The van der Waals surface area contributed by atoms with Crippen molar-refractivity contribution in [2.45, 2.75) is 44.1 Å². The number of rotatable bonds is 8. The van der Waals surface area contributed by atoms with Gasteiger partial charge >= 0.3 is 0 Å². The molecule has 28 heavy (non-hydrogen) atoms. The van der Waals surface area contributed by atoms with Crippen LogP contribution in [0.15, 0.2) is 42.5 Å². The zero-order valence-corrected chi connectivity index (χ0v) is 17.5. The van der Waals surface area contributed by atoms with Gasteiger partial charge in [-0.2, -0.15) is 11.8 Å². The highest BCUT2D eigenvalue weighted by Gasteiger charge is 2.14. The van der Waals surface area contributed by atoms with Crippen molar-refractivity contribution in [2.75, 3.05) is 25.1 Å². The molecule has 0 aromatic heterocycles. The molecule has 1 heterocycles. The molecule has 1 aliphatic heterocycles. The van der Waals surface area contributed by atoms with E-state index in [1.165, 1.54) is 5.56 Å². The molecule has 0 bridgehead atoms. The summed E-state index contributed by atoms with van der Waals surface area (Å²) in [5.41, 5.74) is 4.41. The van der Waals surface area contributed by atoms with Gasteiger partial charge in [0.1, 0.15) is 5.75 Å². The first-order valence-corrected chi connectivity index (χ1v) is 10.9. The lowest BCUT2D eigenvalue weighted by Crippen LogP contribution is -2.17. The maximum absolute atomic E-state index is 12.2. The zero-order chi connectivity index (χ0) is 19.8. The molecule has 1 amide bonds. The van der Waals surface area contributed by atoms with Gasteiger partial charge in [-0.15, -0.1) is 0 Å². The van der Waals surface area contributed by atoms with Crippen molar-refractivity contribution >= 4 is 23.4 Å². The van der Waals surface area contributed by atoms with E-state index >= 15 is 0 Å². The first-order valence-electron chi connectivity index (χ1n) is 9.88. The van der Waals surface area contributed by atoms with Gasteiger partial charge in [0.05, 0.1) is 13.0 Å². The number of aryl methyl sites for hydroxylation is 2. The van der Waals surface area contributed by atoms with Gasteiger partial charge in [-0.1, -0.05) is 18.2 Å². The molecule has 3 rings (SSSR count). The topological polar surface area (TPSA) is 47.6 Å². The van der Waals surface area contributed by atoms with Crippen molar-refractivity contribution in [3.8, 4) is 5.75 Å². The second kappa shape index (κ2) is 10.5. The molecule has 0 saturated carbocycles. The highest BCUT2D eigenvalue weighted by molar-refractivity contribution is 7.99. The zero-order valence-electron chi connectivity index (χ0n) is 16.7. The average molecular weight is 400 g/mol. The van der Waals surface area contributed by atoms with Gasteiger partial charge in [-0.25, -0.2) is 0 Å². The lowest BCUT2D eigenvalue weighted by atomic mass is 10.1. The molecule has 0 radical (unpaired) electrons. The fraction of sp³-hybridized carbons (Fsp3) is 0.435. The Labute approximate surface area is 172 Å². The number of benzene rings is 2. The van der Waals surface area contributed by atoms with Crippen LogP contribution < -0.4 is 10.1 Å². The number of amides is 1. The Hall–Kier alpha value is -1.98. The minimum Gasteiger partial charge on any atom is -0.493 e. The van der Waals surface area contributed by atoms with Gasteiger partial charge in [0, 0.05) is 29.9 Å². The van der Waals surface area contributed by atoms with Crippen molar-refractivity contribution < 1.29 is 14.3 Å². The Morgan fingerprint density at radius 1 is 1.14 bits per heavy atom. The maximum Gasteiger partial charge on any atom is 0.227 e. The number of thioether (sulfide) groups is 1. The SMILES string of the molecule is Cc1cc(C)cc(OCCC(=O)Nc2cccc(CSC3CCOCC3)c2)c1. The first kappa shape index (κ1) is 20.7. The predicted molar refractivity (Wildman–Crippen MR) is 116 cm³/mol. The summed E-state index contributed by atoms with van der Waals surface area (Å²) in [7, 11) is 0. The molecule has 4 nitrogen and oxygen atoms in total. The molecule has 0 spiro atoms. The molecule has 0 atom stereocenters. The number of hydrogen-bond acceptors (Lipinski definition) is 4. The summed E-state index contributed by atoms with van der Waals surface area (Å²) in [6, 6.07) is 14.2. The Balaban J connectivity index is 1.43. The van der Waals surface area contributed by atoms with Crippen LogP contribution in [0.3, 0.4) is 0 Å². The Kier molecular flexibility index (Phi) is 7.80. The van der Waals surface area contributed by atoms with Crippen molar-refractivity contribution in [1.82, 2.24) is 0 Å². The summed E-state index contributed by atoms with van der Waals surface area (Å²) >= 11 is 1.98. The summed E-state index contributed by atoms with van der Waals surface area (Å²) in [5, 5.41) is 3.66.